The molecule has 2 aromatic rings. The Hall–Kier alpha value is -1.91. The van der Waals surface area contributed by atoms with Gasteiger partial charge in [0.1, 0.15) is 11.6 Å². The Morgan fingerprint density at radius 3 is 2.30 bits per heavy atom. The fourth-order valence-electron chi connectivity index (χ4n) is 2.01. The number of nitrogens with zero attached hydrogens (tertiary/aromatic N) is 4. The van der Waals surface area contributed by atoms with Crippen LogP contribution in [0, 0.1) is 6.92 Å². The first-order chi connectivity index (χ1) is 9.43. The maximum atomic E-state index is 4.67. The van der Waals surface area contributed by atoms with Crippen molar-refractivity contribution in [2.24, 2.45) is 0 Å². The molecule has 2 rings (SSSR count). The molecule has 0 spiro atoms. The van der Waals surface area contributed by atoms with Gasteiger partial charge in [-0.05, 0) is 18.9 Å². The minimum atomic E-state index is 0.279. The summed E-state index contributed by atoms with van der Waals surface area (Å²) in [5.41, 5.74) is 2.08. The lowest BCUT2D eigenvalue weighted by Crippen LogP contribution is -2.11. The molecule has 5 heteroatoms. The molecule has 0 unspecified atom stereocenters. The smallest absolute Gasteiger partial charge is 0.162 e. The van der Waals surface area contributed by atoms with Gasteiger partial charge in [-0.25, -0.2) is 14.6 Å². The van der Waals surface area contributed by atoms with Crippen LogP contribution in [0.2, 0.25) is 0 Å². The van der Waals surface area contributed by atoms with Crippen LogP contribution in [0.5, 0.6) is 0 Å². The highest BCUT2D eigenvalue weighted by molar-refractivity contribution is 5.51. The van der Waals surface area contributed by atoms with Crippen molar-refractivity contribution in [1.29, 1.82) is 0 Å². The summed E-state index contributed by atoms with van der Waals surface area (Å²) in [5, 5.41) is 7.75. The van der Waals surface area contributed by atoms with Gasteiger partial charge in [0.2, 0.25) is 0 Å². The van der Waals surface area contributed by atoms with Gasteiger partial charge < -0.3 is 5.32 Å². The van der Waals surface area contributed by atoms with Gasteiger partial charge in [0, 0.05) is 24.7 Å². The summed E-state index contributed by atoms with van der Waals surface area (Å²) in [7, 11) is 1.88. The summed E-state index contributed by atoms with van der Waals surface area (Å²) in [4.78, 5) is 9.23. The summed E-state index contributed by atoms with van der Waals surface area (Å²) >= 11 is 0. The summed E-state index contributed by atoms with van der Waals surface area (Å²) in [6.07, 6.45) is 1.97. The molecule has 5 nitrogen and oxygen atoms in total. The van der Waals surface area contributed by atoms with Crippen molar-refractivity contribution in [3.8, 4) is 5.82 Å². The quantitative estimate of drug-likeness (QED) is 0.929. The standard InChI is InChI=1S/C15H23N5/c1-9(2)12-7-8-20(19-12)15-11(5)14(16-6)17-13(18-15)10(3)4/h7-10H,1-6H3,(H,16,17,18). The highest BCUT2D eigenvalue weighted by Gasteiger charge is 2.15. The predicted octanol–water partition coefficient (Wildman–Crippen LogP) is 3.26. The fraction of sp³-hybridized carbons (Fsp3) is 0.533. The first-order valence-electron chi connectivity index (χ1n) is 7.06. The molecule has 2 aromatic heterocycles. The summed E-state index contributed by atoms with van der Waals surface area (Å²) in [6, 6.07) is 2.04. The van der Waals surface area contributed by atoms with Crippen LogP contribution in [0.3, 0.4) is 0 Å². The van der Waals surface area contributed by atoms with Crippen LogP contribution in [0.25, 0.3) is 5.82 Å². The van der Waals surface area contributed by atoms with Crippen LogP contribution in [0.15, 0.2) is 12.3 Å². The van der Waals surface area contributed by atoms with E-state index in [2.05, 4.69) is 48.1 Å². The van der Waals surface area contributed by atoms with E-state index in [1.165, 1.54) is 0 Å². The number of rotatable bonds is 4. The monoisotopic (exact) mass is 273 g/mol. The van der Waals surface area contributed by atoms with Crippen molar-refractivity contribution in [2.75, 3.05) is 12.4 Å². The Morgan fingerprint density at radius 1 is 1.10 bits per heavy atom. The Labute approximate surface area is 120 Å². The van der Waals surface area contributed by atoms with Crippen molar-refractivity contribution in [2.45, 2.75) is 46.5 Å². The number of anilines is 1. The minimum absolute atomic E-state index is 0.279. The molecule has 0 aliphatic heterocycles. The molecule has 0 aliphatic rings. The molecule has 0 amide bonds. The van der Waals surface area contributed by atoms with E-state index in [0.717, 1.165) is 28.7 Å². The van der Waals surface area contributed by atoms with Crippen LogP contribution in [-0.4, -0.2) is 26.8 Å². The predicted molar refractivity (Wildman–Crippen MR) is 81.6 cm³/mol. The Morgan fingerprint density at radius 2 is 1.80 bits per heavy atom. The van der Waals surface area contributed by atoms with Crippen LogP contribution in [0.4, 0.5) is 5.82 Å². The second kappa shape index (κ2) is 5.61. The van der Waals surface area contributed by atoms with Crippen molar-refractivity contribution in [1.82, 2.24) is 19.7 Å². The Bertz CT molecular complexity index is 598. The zero-order chi connectivity index (χ0) is 14.9. The van der Waals surface area contributed by atoms with Crippen LogP contribution in [-0.2, 0) is 0 Å². The van der Waals surface area contributed by atoms with Gasteiger partial charge in [-0.2, -0.15) is 5.10 Å². The molecule has 20 heavy (non-hydrogen) atoms. The van der Waals surface area contributed by atoms with E-state index in [1.807, 2.05) is 30.9 Å². The number of hydrogen-bond donors (Lipinski definition) is 1. The van der Waals surface area contributed by atoms with Crippen molar-refractivity contribution in [3.05, 3.63) is 29.3 Å². The van der Waals surface area contributed by atoms with Gasteiger partial charge in [-0.15, -0.1) is 0 Å². The first-order valence-corrected chi connectivity index (χ1v) is 7.06. The first kappa shape index (κ1) is 14.5. The van der Waals surface area contributed by atoms with Gasteiger partial charge in [-0.1, -0.05) is 27.7 Å². The minimum Gasteiger partial charge on any atom is -0.373 e. The normalized spacial score (nSPS) is 11.4. The van der Waals surface area contributed by atoms with Gasteiger partial charge in [0.15, 0.2) is 5.82 Å². The third kappa shape index (κ3) is 2.66. The molecule has 0 radical (unpaired) electrons. The van der Waals surface area contributed by atoms with Crippen LogP contribution < -0.4 is 5.32 Å². The average Bonchev–Trinajstić information content (AvgIpc) is 2.88. The molecule has 1 N–H and O–H groups in total. The zero-order valence-corrected chi connectivity index (χ0v) is 13.1. The van der Waals surface area contributed by atoms with Crippen molar-refractivity contribution < 1.29 is 0 Å². The number of aromatic nitrogens is 4. The van der Waals surface area contributed by atoms with E-state index < -0.39 is 0 Å². The van der Waals surface area contributed by atoms with E-state index >= 15 is 0 Å². The third-order valence-electron chi connectivity index (χ3n) is 3.31. The van der Waals surface area contributed by atoms with E-state index in [4.69, 9.17) is 0 Å². The molecule has 0 aromatic carbocycles. The average molecular weight is 273 g/mol. The Balaban J connectivity index is 2.56. The van der Waals surface area contributed by atoms with E-state index in [0.29, 0.717) is 5.92 Å². The van der Waals surface area contributed by atoms with Crippen LogP contribution in [0.1, 0.15) is 56.6 Å². The maximum Gasteiger partial charge on any atom is 0.162 e. The van der Waals surface area contributed by atoms with Gasteiger partial charge in [0.05, 0.1) is 5.69 Å². The maximum absolute atomic E-state index is 4.67. The van der Waals surface area contributed by atoms with Gasteiger partial charge >= 0.3 is 0 Å². The molecular weight excluding hydrogens is 250 g/mol. The molecule has 2 heterocycles. The van der Waals surface area contributed by atoms with E-state index in [9.17, 15) is 0 Å². The number of hydrogen-bond acceptors (Lipinski definition) is 4. The lowest BCUT2D eigenvalue weighted by atomic mass is 10.1. The SMILES string of the molecule is CNc1nc(C(C)C)nc(-n2ccc(C(C)C)n2)c1C. The molecule has 108 valence electrons. The summed E-state index contributed by atoms with van der Waals surface area (Å²) in [6.45, 7) is 10.5. The molecule has 0 bridgehead atoms. The Kier molecular flexibility index (Phi) is 4.06. The topological polar surface area (TPSA) is 55.6 Å². The fourth-order valence-corrected chi connectivity index (χ4v) is 2.01. The molecule has 0 aliphatic carbocycles. The second-order valence-electron chi connectivity index (χ2n) is 5.62. The highest BCUT2D eigenvalue weighted by atomic mass is 15.3. The molecule has 0 atom stereocenters. The molecule has 0 saturated heterocycles. The van der Waals surface area contributed by atoms with E-state index in [1.54, 1.807) is 0 Å². The third-order valence-corrected chi connectivity index (χ3v) is 3.31. The van der Waals surface area contributed by atoms with Crippen molar-refractivity contribution >= 4 is 5.82 Å². The second-order valence-corrected chi connectivity index (χ2v) is 5.62. The van der Waals surface area contributed by atoms with E-state index in [-0.39, 0.29) is 5.92 Å². The lowest BCUT2D eigenvalue weighted by molar-refractivity contribution is 0.722. The van der Waals surface area contributed by atoms with Crippen molar-refractivity contribution in [3.63, 3.8) is 0 Å². The van der Waals surface area contributed by atoms with Gasteiger partial charge in [-0.3, -0.25) is 0 Å². The van der Waals surface area contributed by atoms with Crippen LogP contribution >= 0.6 is 0 Å². The highest BCUT2D eigenvalue weighted by Crippen LogP contribution is 2.22. The number of nitrogens with one attached hydrogen (secondary N) is 1. The molecule has 0 saturated carbocycles. The lowest BCUT2D eigenvalue weighted by Gasteiger charge is -2.13. The van der Waals surface area contributed by atoms with Gasteiger partial charge in [0.25, 0.3) is 0 Å². The summed E-state index contributed by atoms with van der Waals surface area (Å²) < 4.78 is 1.85. The largest absolute Gasteiger partial charge is 0.373 e. The molecular formula is C15H23N5. The zero-order valence-electron chi connectivity index (χ0n) is 13.1. The molecule has 0 fully saturated rings. The summed E-state index contributed by atoms with van der Waals surface area (Å²) in [5.74, 6) is 3.23.